The van der Waals surface area contributed by atoms with Crippen molar-refractivity contribution in [1.29, 1.82) is 0 Å². The summed E-state index contributed by atoms with van der Waals surface area (Å²) in [4.78, 5) is 23.6. The first-order valence-corrected chi connectivity index (χ1v) is 6.24. The molecule has 0 spiro atoms. The van der Waals surface area contributed by atoms with Crippen molar-refractivity contribution in [3.05, 3.63) is 35.4 Å². The highest BCUT2D eigenvalue weighted by Crippen LogP contribution is 2.22. The maximum Gasteiger partial charge on any atom is 0.329 e. The van der Waals surface area contributed by atoms with Gasteiger partial charge in [-0.05, 0) is 19.1 Å². The topological polar surface area (TPSA) is 75.6 Å². The number of nitrogens with one attached hydrogen (secondary N) is 1. The summed E-state index contributed by atoms with van der Waals surface area (Å²) in [5, 5.41) is 12.0. The number of rotatable bonds is 3. The first-order valence-electron chi connectivity index (χ1n) is 6.24. The Kier molecular flexibility index (Phi) is 3.85. The van der Waals surface area contributed by atoms with Gasteiger partial charge in [-0.1, -0.05) is 17.7 Å². The molecular formula is C14H17NO4. The number of hydrogen-bond donors (Lipinski definition) is 2. The molecule has 1 aromatic carbocycles. The van der Waals surface area contributed by atoms with Gasteiger partial charge in [0.1, 0.15) is 5.54 Å². The second-order valence-electron chi connectivity index (χ2n) is 4.82. The lowest BCUT2D eigenvalue weighted by molar-refractivity contribution is -0.148. The summed E-state index contributed by atoms with van der Waals surface area (Å²) in [5.74, 6) is -1.36. The van der Waals surface area contributed by atoms with E-state index in [1.807, 2.05) is 13.0 Å². The lowest BCUT2D eigenvalue weighted by Crippen LogP contribution is -2.57. The van der Waals surface area contributed by atoms with E-state index in [4.69, 9.17) is 4.74 Å². The zero-order valence-corrected chi connectivity index (χ0v) is 10.8. The smallest absolute Gasteiger partial charge is 0.329 e. The van der Waals surface area contributed by atoms with Crippen LogP contribution in [0, 0.1) is 6.92 Å². The molecule has 1 aliphatic heterocycles. The van der Waals surface area contributed by atoms with Crippen molar-refractivity contribution in [1.82, 2.24) is 5.32 Å². The van der Waals surface area contributed by atoms with Crippen LogP contribution in [0.1, 0.15) is 28.8 Å². The van der Waals surface area contributed by atoms with Crippen molar-refractivity contribution in [3.63, 3.8) is 0 Å². The number of carboxylic acids is 1. The van der Waals surface area contributed by atoms with Crippen LogP contribution < -0.4 is 5.32 Å². The fourth-order valence-electron chi connectivity index (χ4n) is 2.19. The Hall–Kier alpha value is -1.88. The Bertz CT molecular complexity index is 492. The molecule has 0 bridgehead atoms. The summed E-state index contributed by atoms with van der Waals surface area (Å²) in [6, 6.07) is 7.08. The van der Waals surface area contributed by atoms with Gasteiger partial charge < -0.3 is 15.2 Å². The number of benzene rings is 1. The Morgan fingerprint density at radius 2 is 2.00 bits per heavy atom. The fourth-order valence-corrected chi connectivity index (χ4v) is 2.19. The molecule has 1 saturated heterocycles. The molecule has 0 aliphatic carbocycles. The van der Waals surface area contributed by atoms with E-state index in [1.54, 1.807) is 18.2 Å². The molecule has 0 atom stereocenters. The molecule has 1 aliphatic rings. The number of amides is 1. The standard InChI is InChI=1S/C14H17NO4/c1-10-3-2-4-11(9-10)12(16)15-14(13(17)18)5-7-19-8-6-14/h2-4,9H,5-8H2,1H3,(H,15,16)(H,17,18). The molecule has 19 heavy (non-hydrogen) atoms. The Morgan fingerprint density at radius 1 is 1.32 bits per heavy atom. The molecule has 5 nitrogen and oxygen atoms in total. The van der Waals surface area contributed by atoms with E-state index in [2.05, 4.69) is 5.32 Å². The van der Waals surface area contributed by atoms with Crippen LogP contribution in [0.4, 0.5) is 0 Å². The Labute approximate surface area is 111 Å². The van der Waals surface area contributed by atoms with Gasteiger partial charge in [-0.15, -0.1) is 0 Å². The number of ether oxygens (including phenoxy) is 1. The lowest BCUT2D eigenvalue weighted by atomic mass is 9.89. The summed E-state index contributed by atoms with van der Waals surface area (Å²) in [6.07, 6.45) is 0.583. The van der Waals surface area contributed by atoms with Crippen LogP contribution >= 0.6 is 0 Å². The fraction of sp³-hybridized carbons (Fsp3) is 0.429. The first-order chi connectivity index (χ1) is 9.03. The zero-order chi connectivity index (χ0) is 13.9. The molecule has 1 amide bonds. The van der Waals surface area contributed by atoms with Gasteiger partial charge in [0.15, 0.2) is 0 Å². The predicted molar refractivity (Wildman–Crippen MR) is 69.1 cm³/mol. The lowest BCUT2D eigenvalue weighted by Gasteiger charge is -2.33. The molecule has 0 radical (unpaired) electrons. The normalized spacial score (nSPS) is 17.7. The number of carboxylic acid groups (broad SMARTS) is 1. The van der Waals surface area contributed by atoms with Gasteiger partial charge in [0, 0.05) is 31.6 Å². The highest BCUT2D eigenvalue weighted by Gasteiger charge is 2.41. The van der Waals surface area contributed by atoms with Gasteiger partial charge in [-0.25, -0.2) is 4.79 Å². The van der Waals surface area contributed by atoms with Crippen molar-refractivity contribution < 1.29 is 19.4 Å². The molecule has 1 aromatic rings. The minimum atomic E-state index is -1.21. The maximum absolute atomic E-state index is 12.2. The van der Waals surface area contributed by atoms with Gasteiger partial charge in [0.2, 0.25) is 0 Å². The van der Waals surface area contributed by atoms with Gasteiger partial charge in [-0.2, -0.15) is 0 Å². The molecule has 1 heterocycles. The van der Waals surface area contributed by atoms with Gasteiger partial charge in [0.25, 0.3) is 5.91 Å². The molecule has 2 N–H and O–H groups in total. The second kappa shape index (κ2) is 5.40. The minimum absolute atomic E-state index is 0.292. The summed E-state index contributed by atoms with van der Waals surface area (Å²) in [7, 11) is 0. The van der Waals surface area contributed by atoms with E-state index in [1.165, 1.54) is 0 Å². The Balaban J connectivity index is 2.18. The van der Waals surface area contributed by atoms with Crippen molar-refractivity contribution in [2.75, 3.05) is 13.2 Å². The van der Waals surface area contributed by atoms with Crippen LogP contribution in [0.15, 0.2) is 24.3 Å². The number of aryl methyl sites for hydroxylation is 1. The van der Waals surface area contributed by atoms with Crippen LogP contribution in [0.3, 0.4) is 0 Å². The van der Waals surface area contributed by atoms with Crippen LogP contribution in [0.2, 0.25) is 0 Å². The van der Waals surface area contributed by atoms with Crippen molar-refractivity contribution in [2.24, 2.45) is 0 Å². The molecule has 2 rings (SSSR count). The average Bonchev–Trinajstić information content (AvgIpc) is 2.39. The average molecular weight is 263 g/mol. The Morgan fingerprint density at radius 3 is 2.58 bits per heavy atom. The number of carbonyl (C=O) groups is 2. The molecular weight excluding hydrogens is 246 g/mol. The third kappa shape index (κ3) is 2.93. The van der Waals surface area contributed by atoms with Gasteiger partial charge in [-0.3, -0.25) is 4.79 Å². The van der Waals surface area contributed by atoms with Crippen LogP contribution in [0.5, 0.6) is 0 Å². The van der Waals surface area contributed by atoms with E-state index in [0.29, 0.717) is 31.6 Å². The number of carbonyl (C=O) groups excluding carboxylic acids is 1. The predicted octanol–water partition coefficient (Wildman–Crippen LogP) is 1.36. The van der Waals surface area contributed by atoms with E-state index in [0.717, 1.165) is 5.56 Å². The minimum Gasteiger partial charge on any atom is -0.480 e. The quantitative estimate of drug-likeness (QED) is 0.863. The molecule has 0 unspecified atom stereocenters. The van der Waals surface area contributed by atoms with E-state index in [-0.39, 0.29) is 5.91 Å². The molecule has 1 fully saturated rings. The van der Waals surface area contributed by atoms with Crippen molar-refractivity contribution in [2.45, 2.75) is 25.3 Å². The molecule has 102 valence electrons. The SMILES string of the molecule is Cc1cccc(C(=O)NC2(C(=O)O)CCOCC2)c1. The van der Waals surface area contributed by atoms with E-state index in [9.17, 15) is 14.7 Å². The monoisotopic (exact) mass is 263 g/mol. The molecule has 0 saturated carbocycles. The molecule has 5 heteroatoms. The highest BCUT2D eigenvalue weighted by molar-refractivity contribution is 5.98. The summed E-state index contributed by atoms with van der Waals surface area (Å²) in [6.45, 7) is 2.58. The van der Waals surface area contributed by atoms with Gasteiger partial charge >= 0.3 is 5.97 Å². The summed E-state index contributed by atoms with van der Waals surface area (Å²) in [5.41, 5.74) is 0.232. The molecule has 0 aromatic heterocycles. The van der Waals surface area contributed by atoms with Crippen molar-refractivity contribution >= 4 is 11.9 Å². The van der Waals surface area contributed by atoms with Crippen LogP contribution in [0.25, 0.3) is 0 Å². The van der Waals surface area contributed by atoms with Crippen LogP contribution in [-0.4, -0.2) is 35.7 Å². The number of aliphatic carboxylic acids is 1. The summed E-state index contributed by atoms with van der Waals surface area (Å²) >= 11 is 0. The summed E-state index contributed by atoms with van der Waals surface area (Å²) < 4.78 is 5.17. The van der Waals surface area contributed by atoms with Crippen molar-refractivity contribution in [3.8, 4) is 0 Å². The van der Waals surface area contributed by atoms with Crippen LogP contribution in [-0.2, 0) is 9.53 Å². The maximum atomic E-state index is 12.2. The largest absolute Gasteiger partial charge is 0.480 e. The third-order valence-corrected chi connectivity index (χ3v) is 3.39. The number of hydrogen-bond acceptors (Lipinski definition) is 3. The second-order valence-corrected chi connectivity index (χ2v) is 4.82. The highest BCUT2D eigenvalue weighted by atomic mass is 16.5. The van der Waals surface area contributed by atoms with Gasteiger partial charge in [0.05, 0.1) is 0 Å². The van der Waals surface area contributed by atoms with E-state index < -0.39 is 11.5 Å². The zero-order valence-electron chi connectivity index (χ0n) is 10.8. The third-order valence-electron chi connectivity index (χ3n) is 3.39. The van der Waals surface area contributed by atoms with E-state index >= 15 is 0 Å². The first kappa shape index (κ1) is 13.5.